The summed E-state index contributed by atoms with van der Waals surface area (Å²) in [5.74, 6) is 1.01. The van der Waals surface area contributed by atoms with Crippen molar-refractivity contribution in [2.24, 2.45) is 0 Å². The third-order valence-electron chi connectivity index (χ3n) is 5.81. The van der Waals surface area contributed by atoms with Crippen molar-refractivity contribution in [2.45, 2.75) is 51.6 Å². The number of carboxylic acid groups (broad SMARTS) is 1. The second-order valence-corrected chi connectivity index (χ2v) is 8.71. The molecule has 0 aliphatic rings. The largest absolute Gasteiger partial charge is 0.508 e. The van der Waals surface area contributed by atoms with Crippen molar-refractivity contribution in [2.75, 3.05) is 13.7 Å². The molecule has 2 N–H and O–H groups in total. The van der Waals surface area contributed by atoms with Crippen LogP contribution >= 0.6 is 0 Å². The van der Waals surface area contributed by atoms with Gasteiger partial charge in [0, 0.05) is 12.1 Å². The van der Waals surface area contributed by atoms with E-state index >= 15 is 0 Å². The fourth-order valence-corrected chi connectivity index (χ4v) is 3.82. The van der Waals surface area contributed by atoms with E-state index in [1.807, 2.05) is 12.1 Å². The number of phenolic OH excluding ortho intramolecular Hbond substituents is 1. The number of methoxy groups -OCH3 is 1. The van der Waals surface area contributed by atoms with Crippen LogP contribution in [0.4, 0.5) is 0 Å². The number of rotatable bonds is 16. The van der Waals surface area contributed by atoms with Crippen molar-refractivity contribution in [3.63, 3.8) is 0 Å². The Morgan fingerprint density at radius 1 is 0.892 bits per heavy atom. The Hall–Kier alpha value is -4.00. The standard InChI is InChI=1S/C30H35NO6/c1-35-26-15-12-23(13-16-26)9-6-4-2-3-5-7-20-36-29-18-14-24(31-28(29)17-19-30(33)34)22-37-27-11-8-10-25(32)21-27/h8,10-19,21,32H,2-7,9,20,22H2,1H3,(H,33,34). The lowest BCUT2D eigenvalue weighted by atomic mass is 10.0. The van der Waals surface area contributed by atoms with Gasteiger partial charge >= 0.3 is 5.97 Å². The smallest absolute Gasteiger partial charge is 0.328 e. The second kappa shape index (κ2) is 15.2. The first kappa shape index (κ1) is 27.6. The molecule has 0 aliphatic carbocycles. The highest BCUT2D eigenvalue weighted by molar-refractivity contribution is 5.85. The highest BCUT2D eigenvalue weighted by atomic mass is 16.5. The molecular formula is C30H35NO6. The lowest BCUT2D eigenvalue weighted by Crippen LogP contribution is -2.04. The molecule has 0 bridgehead atoms. The van der Waals surface area contributed by atoms with E-state index in [0.29, 0.717) is 29.5 Å². The number of carboxylic acids is 1. The molecule has 0 fully saturated rings. The molecule has 0 amide bonds. The first-order valence-electron chi connectivity index (χ1n) is 12.6. The zero-order valence-electron chi connectivity index (χ0n) is 21.3. The van der Waals surface area contributed by atoms with E-state index in [1.54, 1.807) is 37.4 Å². The normalized spacial score (nSPS) is 10.9. The second-order valence-electron chi connectivity index (χ2n) is 8.71. The Kier molecular flexibility index (Phi) is 11.3. The molecule has 3 rings (SSSR count). The van der Waals surface area contributed by atoms with Crippen molar-refractivity contribution in [3.05, 3.63) is 83.7 Å². The monoisotopic (exact) mass is 505 g/mol. The SMILES string of the molecule is COc1ccc(CCCCCCCCOc2ccc(COc3cccc(O)c3)nc2C=CC(=O)O)cc1. The van der Waals surface area contributed by atoms with Crippen molar-refractivity contribution >= 4 is 12.0 Å². The van der Waals surface area contributed by atoms with Crippen LogP contribution in [0.1, 0.15) is 55.5 Å². The van der Waals surface area contributed by atoms with Gasteiger partial charge in [-0.15, -0.1) is 0 Å². The molecule has 0 radical (unpaired) electrons. The van der Waals surface area contributed by atoms with Gasteiger partial charge in [-0.3, -0.25) is 0 Å². The highest BCUT2D eigenvalue weighted by Gasteiger charge is 2.07. The van der Waals surface area contributed by atoms with Gasteiger partial charge in [0.2, 0.25) is 0 Å². The molecule has 3 aromatic rings. The molecule has 37 heavy (non-hydrogen) atoms. The van der Waals surface area contributed by atoms with Gasteiger partial charge in [-0.2, -0.15) is 0 Å². The number of pyridine rings is 1. The Balaban J connectivity index is 1.38. The number of ether oxygens (including phenoxy) is 3. The van der Waals surface area contributed by atoms with Crippen LogP contribution in [0.15, 0.2) is 66.7 Å². The summed E-state index contributed by atoms with van der Waals surface area (Å²) in [7, 11) is 1.68. The first-order chi connectivity index (χ1) is 18.0. The average Bonchev–Trinajstić information content (AvgIpc) is 2.90. The third-order valence-corrected chi connectivity index (χ3v) is 5.81. The van der Waals surface area contributed by atoms with E-state index in [1.165, 1.54) is 37.0 Å². The molecule has 0 spiro atoms. The molecule has 1 aromatic heterocycles. The highest BCUT2D eigenvalue weighted by Crippen LogP contribution is 2.22. The number of hydrogen-bond donors (Lipinski definition) is 2. The molecule has 0 saturated heterocycles. The Bertz CT molecular complexity index is 1140. The van der Waals surface area contributed by atoms with Crippen LogP contribution in [0.25, 0.3) is 6.08 Å². The van der Waals surface area contributed by atoms with E-state index in [9.17, 15) is 9.90 Å². The van der Waals surface area contributed by atoms with Gasteiger partial charge in [0.15, 0.2) is 0 Å². The molecule has 196 valence electrons. The molecule has 2 aromatic carbocycles. The molecule has 7 nitrogen and oxygen atoms in total. The van der Waals surface area contributed by atoms with Gasteiger partial charge in [0.1, 0.15) is 35.3 Å². The minimum atomic E-state index is -1.05. The quantitative estimate of drug-likeness (QED) is 0.171. The van der Waals surface area contributed by atoms with E-state index < -0.39 is 5.97 Å². The summed E-state index contributed by atoms with van der Waals surface area (Å²) in [6, 6.07) is 18.4. The number of hydrogen-bond acceptors (Lipinski definition) is 6. The van der Waals surface area contributed by atoms with Gasteiger partial charge in [0.05, 0.1) is 19.4 Å². The van der Waals surface area contributed by atoms with Crippen LogP contribution in [0, 0.1) is 0 Å². The lowest BCUT2D eigenvalue weighted by molar-refractivity contribution is -0.131. The Labute approximate surface area is 218 Å². The Morgan fingerprint density at radius 2 is 1.65 bits per heavy atom. The van der Waals surface area contributed by atoms with E-state index in [0.717, 1.165) is 37.5 Å². The van der Waals surface area contributed by atoms with Gasteiger partial charge in [-0.25, -0.2) is 9.78 Å². The maximum atomic E-state index is 11.0. The third kappa shape index (κ3) is 10.3. The van der Waals surface area contributed by atoms with Gasteiger partial charge in [0.25, 0.3) is 0 Å². The number of aromatic hydroxyl groups is 1. The number of unbranched alkanes of at least 4 members (excludes halogenated alkanes) is 5. The predicted octanol–water partition coefficient (Wildman–Crippen LogP) is 6.43. The number of nitrogens with zero attached hydrogens (tertiary/aromatic N) is 1. The summed E-state index contributed by atoms with van der Waals surface area (Å²) in [5.41, 5.74) is 2.40. The zero-order valence-corrected chi connectivity index (χ0v) is 21.3. The molecule has 7 heteroatoms. The number of carbonyl (C=O) groups is 1. The fraction of sp³-hybridized carbons (Fsp3) is 0.333. The topological polar surface area (TPSA) is 98.1 Å². The predicted molar refractivity (Wildman–Crippen MR) is 143 cm³/mol. The Morgan fingerprint density at radius 3 is 2.38 bits per heavy atom. The summed E-state index contributed by atoms with van der Waals surface area (Å²) in [5, 5.41) is 18.6. The van der Waals surface area contributed by atoms with Gasteiger partial charge in [-0.1, -0.05) is 43.9 Å². The fourth-order valence-electron chi connectivity index (χ4n) is 3.82. The number of aromatic nitrogens is 1. The van der Waals surface area contributed by atoms with E-state index in [-0.39, 0.29) is 12.4 Å². The number of benzene rings is 2. The molecule has 0 saturated carbocycles. The van der Waals surface area contributed by atoms with Crippen LogP contribution in [-0.2, 0) is 17.8 Å². The summed E-state index contributed by atoms with van der Waals surface area (Å²) in [4.78, 5) is 15.5. The zero-order chi connectivity index (χ0) is 26.3. The van der Waals surface area contributed by atoms with Gasteiger partial charge in [-0.05, 0) is 67.3 Å². The average molecular weight is 506 g/mol. The maximum absolute atomic E-state index is 11.0. The number of phenols is 1. The number of aliphatic carboxylic acids is 1. The summed E-state index contributed by atoms with van der Waals surface area (Å²) in [6.45, 7) is 0.719. The van der Waals surface area contributed by atoms with E-state index in [4.69, 9.17) is 19.3 Å². The van der Waals surface area contributed by atoms with Crippen LogP contribution < -0.4 is 14.2 Å². The van der Waals surface area contributed by atoms with Crippen molar-refractivity contribution < 1.29 is 29.2 Å². The molecular weight excluding hydrogens is 470 g/mol. The van der Waals surface area contributed by atoms with Crippen LogP contribution in [0.5, 0.6) is 23.0 Å². The maximum Gasteiger partial charge on any atom is 0.328 e. The van der Waals surface area contributed by atoms with Crippen LogP contribution in [0.3, 0.4) is 0 Å². The minimum absolute atomic E-state index is 0.118. The minimum Gasteiger partial charge on any atom is -0.508 e. The molecule has 0 atom stereocenters. The summed E-state index contributed by atoms with van der Waals surface area (Å²) < 4.78 is 16.8. The lowest BCUT2D eigenvalue weighted by Gasteiger charge is -2.11. The number of aryl methyl sites for hydroxylation is 1. The van der Waals surface area contributed by atoms with E-state index in [2.05, 4.69) is 17.1 Å². The summed E-state index contributed by atoms with van der Waals surface area (Å²) >= 11 is 0. The first-order valence-corrected chi connectivity index (χ1v) is 12.6. The van der Waals surface area contributed by atoms with Gasteiger partial charge < -0.3 is 24.4 Å². The van der Waals surface area contributed by atoms with Crippen LogP contribution in [-0.4, -0.2) is 34.9 Å². The van der Waals surface area contributed by atoms with Crippen LogP contribution in [0.2, 0.25) is 0 Å². The van der Waals surface area contributed by atoms with Crippen molar-refractivity contribution in [1.29, 1.82) is 0 Å². The molecule has 1 heterocycles. The summed E-state index contributed by atoms with van der Waals surface area (Å²) in [6.07, 6.45) is 10.3. The molecule has 0 aliphatic heterocycles. The van der Waals surface area contributed by atoms with Crippen molar-refractivity contribution in [1.82, 2.24) is 4.98 Å². The van der Waals surface area contributed by atoms with Crippen molar-refractivity contribution in [3.8, 4) is 23.0 Å². The molecule has 0 unspecified atom stereocenters.